The summed E-state index contributed by atoms with van der Waals surface area (Å²) in [6.45, 7) is 0.163. The molecule has 64 valence electrons. The fourth-order valence-corrected chi connectivity index (χ4v) is 0.812. The number of hydrogen-bond donors (Lipinski definition) is 1. The lowest BCUT2D eigenvalue weighted by molar-refractivity contribution is -0.145. The van der Waals surface area contributed by atoms with Crippen molar-refractivity contribution in [2.75, 3.05) is 6.61 Å². The van der Waals surface area contributed by atoms with E-state index in [4.69, 9.17) is 9.84 Å². The van der Waals surface area contributed by atoms with Crippen molar-refractivity contribution in [2.45, 2.75) is 38.2 Å². The van der Waals surface area contributed by atoms with Crippen molar-refractivity contribution in [2.24, 2.45) is 0 Å². The molecule has 0 atom stereocenters. The molecule has 1 rings (SSSR count). The molecule has 0 saturated heterocycles. The topological polar surface area (TPSA) is 46.5 Å². The van der Waals surface area contributed by atoms with E-state index < -0.39 is 0 Å². The molecule has 0 aliphatic heterocycles. The molecule has 0 bridgehead atoms. The van der Waals surface area contributed by atoms with Crippen molar-refractivity contribution in [1.82, 2.24) is 0 Å². The second-order valence-corrected chi connectivity index (χ2v) is 2.87. The number of aliphatic hydroxyl groups is 1. The van der Waals surface area contributed by atoms with Crippen LogP contribution in [0.1, 0.15) is 32.1 Å². The van der Waals surface area contributed by atoms with Crippen LogP contribution < -0.4 is 0 Å². The van der Waals surface area contributed by atoms with Gasteiger partial charge in [-0.2, -0.15) is 0 Å². The highest BCUT2D eigenvalue weighted by atomic mass is 16.5. The molecule has 0 radical (unpaired) electrons. The lowest BCUT2D eigenvalue weighted by atomic mass is 10.2. The summed E-state index contributed by atoms with van der Waals surface area (Å²) in [6.07, 6.45) is 4.17. The fraction of sp³-hybridized carbons (Fsp3) is 0.875. The minimum atomic E-state index is -0.110. The van der Waals surface area contributed by atoms with Gasteiger partial charge in [-0.1, -0.05) is 0 Å². The number of carbonyl (C=O) groups excluding carboxylic acids is 1. The van der Waals surface area contributed by atoms with E-state index in [1.165, 1.54) is 0 Å². The number of carbonyl (C=O) groups is 1. The molecule has 1 aliphatic carbocycles. The van der Waals surface area contributed by atoms with Gasteiger partial charge in [-0.15, -0.1) is 0 Å². The van der Waals surface area contributed by atoms with Gasteiger partial charge in [0.1, 0.15) is 6.10 Å². The van der Waals surface area contributed by atoms with Crippen LogP contribution >= 0.6 is 0 Å². The number of unbranched alkanes of at least 4 members (excludes halogenated alkanes) is 1. The maximum Gasteiger partial charge on any atom is 0.306 e. The second kappa shape index (κ2) is 4.34. The van der Waals surface area contributed by atoms with Crippen LogP contribution in [0.3, 0.4) is 0 Å². The monoisotopic (exact) mass is 158 g/mol. The van der Waals surface area contributed by atoms with Gasteiger partial charge in [-0.05, 0) is 25.7 Å². The SMILES string of the molecule is O=C(CCCCO)OC1CC1. The summed E-state index contributed by atoms with van der Waals surface area (Å²) in [4.78, 5) is 10.9. The Balaban J connectivity index is 1.92. The third-order valence-corrected chi connectivity index (χ3v) is 1.61. The summed E-state index contributed by atoms with van der Waals surface area (Å²) in [5.41, 5.74) is 0. The number of aliphatic hydroxyl groups excluding tert-OH is 1. The Morgan fingerprint density at radius 1 is 1.45 bits per heavy atom. The molecular weight excluding hydrogens is 144 g/mol. The van der Waals surface area contributed by atoms with E-state index in [9.17, 15) is 4.79 Å². The maximum absolute atomic E-state index is 10.9. The Morgan fingerprint density at radius 3 is 2.73 bits per heavy atom. The molecule has 0 amide bonds. The Hall–Kier alpha value is -0.570. The summed E-state index contributed by atoms with van der Waals surface area (Å²) in [6, 6.07) is 0. The zero-order valence-corrected chi connectivity index (χ0v) is 6.58. The summed E-state index contributed by atoms with van der Waals surface area (Å²) in [5, 5.41) is 8.42. The Morgan fingerprint density at radius 2 is 2.18 bits per heavy atom. The molecule has 0 spiro atoms. The van der Waals surface area contributed by atoms with Crippen LogP contribution in [0, 0.1) is 0 Å². The molecule has 1 fully saturated rings. The summed E-state index contributed by atoms with van der Waals surface area (Å²) >= 11 is 0. The molecule has 1 saturated carbocycles. The van der Waals surface area contributed by atoms with Gasteiger partial charge in [-0.3, -0.25) is 4.79 Å². The molecule has 0 aromatic rings. The van der Waals surface area contributed by atoms with Crippen LogP contribution in [-0.2, 0) is 9.53 Å². The molecule has 3 heteroatoms. The summed E-state index contributed by atoms with van der Waals surface area (Å²) in [7, 11) is 0. The van der Waals surface area contributed by atoms with Crippen LogP contribution in [0.15, 0.2) is 0 Å². The molecule has 3 nitrogen and oxygen atoms in total. The minimum Gasteiger partial charge on any atom is -0.462 e. The van der Waals surface area contributed by atoms with Gasteiger partial charge in [0.05, 0.1) is 0 Å². The summed E-state index contributed by atoms with van der Waals surface area (Å²) in [5.74, 6) is -0.110. The zero-order chi connectivity index (χ0) is 8.10. The number of ether oxygens (including phenoxy) is 1. The van der Waals surface area contributed by atoms with E-state index in [1.54, 1.807) is 0 Å². The number of rotatable bonds is 5. The predicted molar refractivity (Wildman–Crippen MR) is 40.1 cm³/mol. The van der Waals surface area contributed by atoms with Crippen LogP contribution in [0.2, 0.25) is 0 Å². The van der Waals surface area contributed by atoms with Crippen molar-refractivity contribution >= 4 is 5.97 Å². The minimum absolute atomic E-state index is 0.110. The Bertz CT molecular complexity index is 129. The first-order chi connectivity index (χ1) is 5.33. The van der Waals surface area contributed by atoms with Gasteiger partial charge in [0.15, 0.2) is 0 Å². The highest BCUT2D eigenvalue weighted by Crippen LogP contribution is 2.24. The predicted octanol–water partition coefficient (Wildman–Crippen LogP) is 0.855. The van der Waals surface area contributed by atoms with E-state index in [0.29, 0.717) is 12.8 Å². The average Bonchev–Trinajstić information content (AvgIpc) is 2.72. The molecule has 0 aromatic heterocycles. The molecular formula is C8H14O3. The molecule has 1 N–H and O–H groups in total. The maximum atomic E-state index is 10.9. The third kappa shape index (κ3) is 3.98. The van der Waals surface area contributed by atoms with Crippen molar-refractivity contribution in [3.63, 3.8) is 0 Å². The largest absolute Gasteiger partial charge is 0.462 e. The van der Waals surface area contributed by atoms with Crippen molar-refractivity contribution < 1.29 is 14.6 Å². The summed E-state index contributed by atoms with van der Waals surface area (Å²) < 4.78 is 4.99. The highest BCUT2D eigenvalue weighted by Gasteiger charge is 2.25. The second-order valence-electron chi connectivity index (χ2n) is 2.87. The number of esters is 1. The molecule has 0 unspecified atom stereocenters. The van der Waals surface area contributed by atoms with E-state index in [0.717, 1.165) is 19.3 Å². The first kappa shape index (κ1) is 8.53. The Kier molecular flexibility index (Phi) is 3.36. The standard InChI is InChI=1S/C8H14O3/c9-6-2-1-3-8(10)11-7-4-5-7/h7,9H,1-6H2. The van der Waals surface area contributed by atoms with Gasteiger partial charge in [-0.25, -0.2) is 0 Å². The van der Waals surface area contributed by atoms with Gasteiger partial charge in [0, 0.05) is 13.0 Å². The van der Waals surface area contributed by atoms with Crippen molar-refractivity contribution in [1.29, 1.82) is 0 Å². The van der Waals surface area contributed by atoms with Gasteiger partial charge in [0.2, 0.25) is 0 Å². The van der Waals surface area contributed by atoms with Crippen LogP contribution in [0.4, 0.5) is 0 Å². The molecule has 0 heterocycles. The first-order valence-corrected chi connectivity index (χ1v) is 4.13. The van der Waals surface area contributed by atoms with Crippen LogP contribution in [-0.4, -0.2) is 23.8 Å². The lowest BCUT2D eigenvalue weighted by Gasteiger charge is -2.00. The highest BCUT2D eigenvalue weighted by molar-refractivity contribution is 5.69. The smallest absolute Gasteiger partial charge is 0.306 e. The molecule has 11 heavy (non-hydrogen) atoms. The zero-order valence-electron chi connectivity index (χ0n) is 6.58. The van der Waals surface area contributed by atoms with Gasteiger partial charge in [0.25, 0.3) is 0 Å². The van der Waals surface area contributed by atoms with Crippen molar-refractivity contribution in [3.05, 3.63) is 0 Å². The lowest BCUT2D eigenvalue weighted by Crippen LogP contribution is -2.05. The quantitative estimate of drug-likeness (QED) is 0.476. The van der Waals surface area contributed by atoms with E-state index >= 15 is 0 Å². The van der Waals surface area contributed by atoms with Crippen LogP contribution in [0.25, 0.3) is 0 Å². The fourth-order valence-electron chi connectivity index (χ4n) is 0.812. The van der Waals surface area contributed by atoms with E-state index in [-0.39, 0.29) is 18.7 Å². The molecule has 0 aromatic carbocycles. The Labute approximate surface area is 66.4 Å². The average molecular weight is 158 g/mol. The molecule has 1 aliphatic rings. The normalized spacial score (nSPS) is 16.5. The van der Waals surface area contributed by atoms with Crippen molar-refractivity contribution in [3.8, 4) is 0 Å². The van der Waals surface area contributed by atoms with E-state index in [1.807, 2.05) is 0 Å². The third-order valence-electron chi connectivity index (χ3n) is 1.61. The van der Waals surface area contributed by atoms with Crippen LogP contribution in [0.5, 0.6) is 0 Å². The van der Waals surface area contributed by atoms with Gasteiger partial charge >= 0.3 is 5.97 Å². The van der Waals surface area contributed by atoms with E-state index in [2.05, 4.69) is 0 Å². The number of hydrogen-bond acceptors (Lipinski definition) is 3. The van der Waals surface area contributed by atoms with Gasteiger partial charge < -0.3 is 9.84 Å². The first-order valence-electron chi connectivity index (χ1n) is 4.13.